The van der Waals surface area contributed by atoms with Gasteiger partial charge in [-0.1, -0.05) is 0 Å². The van der Waals surface area contributed by atoms with Gasteiger partial charge in [0.15, 0.2) is 0 Å². The fourth-order valence-electron chi connectivity index (χ4n) is 2.21. The van der Waals surface area contributed by atoms with Gasteiger partial charge in [-0.2, -0.15) is 0 Å². The molecule has 0 radical (unpaired) electrons. The summed E-state index contributed by atoms with van der Waals surface area (Å²) in [4.78, 5) is 11.1. The van der Waals surface area contributed by atoms with Crippen LogP contribution < -0.4 is 10.2 Å². The third-order valence-electron chi connectivity index (χ3n) is 3.36. The first-order valence-electron chi connectivity index (χ1n) is 6.76. The number of rotatable bonds is 4. The Labute approximate surface area is 122 Å². The smallest absolute Gasteiger partial charge is 0.128 e. The Morgan fingerprint density at radius 2 is 2.15 bits per heavy atom. The monoisotopic (exact) mass is 290 g/mol. The van der Waals surface area contributed by atoms with Gasteiger partial charge in [0.2, 0.25) is 0 Å². The summed E-state index contributed by atoms with van der Waals surface area (Å²) in [5, 5.41) is 5.48. The molecule has 106 valence electrons. The van der Waals surface area contributed by atoms with E-state index >= 15 is 0 Å². The molecule has 20 heavy (non-hydrogen) atoms. The number of anilines is 2. The van der Waals surface area contributed by atoms with Crippen molar-refractivity contribution < 1.29 is 4.74 Å². The standard InChI is InChI=1S/C14H18N4OS/c1-11(13-9-20-10-16-13)17-12-2-3-14(15-8-12)18-4-6-19-7-5-18/h2-3,8-11,17H,4-7H2,1H3. The highest BCUT2D eigenvalue weighted by atomic mass is 32.1. The molecule has 3 rings (SSSR count). The lowest BCUT2D eigenvalue weighted by Gasteiger charge is -2.27. The predicted molar refractivity (Wildman–Crippen MR) is 81.4 cm³/mol. The van der Waals surface area contributed by atoms with Crippen molar-refractivity contribution in [2.75, 3.05) is 36.5 Å². The molecule has 6 heteroatoms. The summed E-state index contributed by atoms with van der Waals surface area (Å²) in [7, 11) is 0. The molecule has 0 aromatic carbocycles. The van der Waals surface area contributed by atoms with E-state index in [-0.39, 0.29) is 6.04 Å². The molecular weight excluding hydrogens is 272 g/mol. The zero-order chi connectivity index (χ0) is 13.8. The lowest BCUT2D eigenvalue weighted by Crippen LogP contribution is -2.36. The fourth-order valence-corrected chi connectivity index (χ4v) is 2.86. The molecule has 1 aliphatic heterocycles. The Morgan fingerprint density at radius 3 is 2.80 bits per heavy atom. The summed E-state index contributed by atoms with van der Waals surface area (Å²) in [6, 6.07) is 4.32. The van der Waals surface area contributed by atoms with Crippen molar-refractivity contribution in [1.29, 1.82) is 0 Å². The van der Waals surface area contributed by atoms with Crippen LogP contribution in [0.15, 0.2) is 29.2 Å². The highest BCUT2D eigenvalue weighted by Crippen LogP contribution is 2.20. The summed E-state index contributed by atoms with van der Waals surface area (Å²) in [5.41, 5.74) is 3.93. The maximum atomic E-state index is 5.35. The average molecular weight is 290 g/mol. The number of nitrogens with zero attached hydrogens (tertiary/aromatic N) is 3. The van der Waals surface area contributed by atoms with Crippen LogP contribution in [0.4, 0.5) is 11.5 Å². The highest BCUT2D eigenvalue weighted by Gasteiger charge is 2.12. The maximum absolute atomic E-state index is 5.35. The van der Waals surface area contributed by atoms with Crippen LogP contribution >= 0.6 is 11.3 Å². The highest BCUT2D eigenvalue weighted by molar-refractivity contribution is 7.07. The third-order valence-corrected chi connectivity index (χ3v) is 3.97. The minimum atomic E-state index is 0.192. The van der Waals surface area contributed by atoms with Gasteiger partial charge >= 0.3 is 0 Å². The van der Waals surface area contributed by atoms with Crippen molar-refractivity contribution in [1.82, 2.24) is 9.97 Å². The second-order valence-electron chi connectivity index (χ2n) is 4.78. The summed E-state index contributed by atoms with van der Waals surface area (Å²) < 4.78 is 5.35. The summed E-state index contributed by atoms with van der Waals surface area (Å²) in [6.07, 6.45) is 1.88. The number of hydrogen-bond donors (Lipinski definition) is 1. The van der Waals surface area contributed by atoms with Crippen molar-refractivity contribution in [2.45, 2.75) is 13.0 Å². The molecule has 0 aliphatic carbocycles. The summed E-state index contributed by atoms with van der Waals surface area (Å²) in [6.45, 7) is 5.49. The first-order valence-corrected chi connectivity index (χ1v) is 7.70. The Bertz CT molecular complexity index is 523. The third kappa shape index (κ3) is 3.08. The minimum Gasteiger partial charge on any atom is -0.378 e. The van der Waals surface area contributed by atoms with E-state index in [1.807, 2.05) is 11.7 Å². The second-order valence-corrected chi connectivity index (χ2v) is 5.50. The van der Waals surface area contributed by atoms with Crippen molar-refractivity contribution in [3.8, 4) is 0 Å². The first-order chi connectivity index (χ1) is 9.83. The van der Waals surface area contributed by atoms with Crippen molar-refractivity contribution in [3.05, 3.63) is 34.9 Å². The van der Waals surface area contributed by atoms with Crippen molar-refractivity contribution in [2.24, 2.45) is 0 Å². The fraction of sp³-hybridized carbons (Fsp3) is 0.429. The van der Waals surface area contributed by atoms with E-state index < -0.39 is 0 Å². The molecule has 1 atom stereocenters. The lowest BCUT2D eigenvalue weighted by molar-refractivity contribution is 0.122. The normalized spacial score (nSPS) is 16.9. The Morgan fingerprint density at radius 1 is 1.30 bits per heavy atom. The predicted octanol–water partition coefficient (Wildman–Crippen LogP) is 2.55. The molecule has 1 N–H and O–H groups in total. The molecule has 2 aromatic rings. The van der Waals surface area contributed by atoms with Crippen LogP contribution in [0.2, 0.25) is 0 Å². The molecular formula is C14H18N4OS. The second kappa shape index (κ2) is 6.19. The van der Waals surface area contributed by atoms with Crippen LogP contribution in [0.1, 0.15) is 18.7 Å². The maximum Gasteiger partial charge on any atom is 0.128 e. The largest absolute Gasteiger partial charge is 0.378 e. The Hall–Kier alpha value is -1.66. The molecule has 3 heterocycles. The number of morpholine rings is 1. The molecule has 1 saturated heterocycles. The topological polar surface area (TPSA) is 50.3 Å². The van der Waals surface area contributed by atoms with Crippen LogP contribution in [0.3, 0.4) is 0 Å². The van der Waals surface area contributed by atoms with E-state index in [1.165, 1.54) is 0 Å². The summed E-state index contributed by atoms with van der Waals surface area (Å²) >= 11 is 1.61. The minimum absolute atomic E-state index is 0.192. The van der Waals surface area contributed by atoms with Crippen LogP contribution in [0, 0.1) is 0 Å². The van der Waals surface area contributed by atoms with Crippen LogP contribution in [-0.2, 0) is 4.74 Å². The van der Waals surface area contributed by atoms with Gasteiger partial charge in [0.25, 0.3) is 0 Å². The Balaban J connectivity index is 1.63. The van der Waals surface area contributed by atoms with Crippen molar-refractivity contribution in [3.63, 3.8) is 0 Å². The van der Waals surface area contributed by atoms with Gasteiger partial charge in [0.05, 0.1) is 42.3 Å². The molecule has 2 aromatic heterocycles. The number of hydrogen-bond acceptors (Lipinski definition) is 6. The van der Waals surface area contributed by atoms with E-state index in [0.29, 0.717) is 0 Å². The van der Waals surface area contributed by atoms with E-state index in [9.17, 15) is 0 Å². The van der Waals surface area contributed by atoms with Crippen LogP contribution in [0.25, 0.3) is 0 Å². The van der Waals surface area contributed by atoms with E-state index in [4.69, 9.17) is 4.74 Å². The van der Waals surface area contributed by atoms with Gasteiger partial charge in [-0.15, -0.1) is 11.3 Å². The molecule has 1 fully saturated rings. The molecule has 5 nitrogen and oxygen atoms in total. The van der Waals surface area contributed by atoms with Crippen LogP contribution in [-0.4, -0.2) is 36.3 Å². The average Bonchev–Trinajstić information content (AvgIpc) is 3.03. The molecule has 0 bridgehead atoms. The SMILES string of the molecule is CC(Nc1ccc(N2CCOCC2)nc1)c1cscn1. The lowest BCUT2D eigenvalue weighted by atomic mass is 10.2. The molecule has 1 unspecified atom stereocenters. The zero-order valence-corrected chi connectivity index (χ0v) is 12.3. The van der Waals surface area contributed by atoms with Crippen molar-refractivity contribution >= 4 is 22.8 Å². The number of ether oxygens (including phenoxy) is 1. The summed E-state index contributed by atoms with van der Waals surface area (Å²) in [5.74, 6) is 1.01. The van der Waals surface area contributed by atoms with Gasteiger partial charge in [0.1, 0.15) is 5.82 Å². The number of thiazole rings is 1. The number of pyridine rings is 1. The van der Waals surface area contributed by atoms with Gasteiger partial charge in [-0.25, -0.2) is 9.97 Å². The molecule has 0 saturated carbocycles. The van der Waals surface area contributed by atoms with Crippen LogP contribution in [0.5, 0.6) is 0 Å². The number of nitrogens with one attached hydrogen (secondary N) is 1. The van der Waals surface area contributed by atoms with Gasteiger partial charge < -0.3 is 15.0 Å². The first kappa shape index (κ1) is 13.3. The molecule has 1 aliphatic rings. The molecule has 0 spiro atoms. The van der Waals surface area contributed by atoms with Gasteiger partial charge in [0, 0.05) is 18.5 Å². The van der Waals surface area contributed by atoms with E-state index in [1.54, 1.807) is 11.3 Å². The quantitative estimate of drug-likeness (QED) is 0.938. The van der Waals surface area contributed by atoms with Gasteiger partial charge in [-0.3, -0.25) is 0 Å². The van der Waals surface area contributed by atoms with Gasteiger partial charge in [-0.05, 0) is 19.1 Å². The Kier molecular flexibility index (Phi) is 4.13. The van der Waals surface area contributed by atoms with E-state index in [0.717, 1.165) is 43.5 Å². The molecule has 0 amide bonds. The van der Waals surface area contributed by atoms with E-state index in [2.05, 4.69) is 44.6 Å². The zero-order valence-electron chi connectivity index (χ0n) is 11.5. The number of aromatic nitrogens is 2.